The summed E-state index contributed by atoms with van der Waals surface area (Å²) in [6.45, 7) is 3.49. The van der Waals surface area contributed by atoms with Gasteiger partial charge in [-0.2, -0.15) is 5.10 Å². The van der Waals surface area contributed by atoms with Crippen LogP contribution in [0.2, 0.25) is 0 Å². The van der Waals surface area contributed by atoms with Gasteiger partial charge in [-0.25, -0.2) is 0 Å². The van der Waals surface area contributed by atoms with Crippen LogP contribution in [0.15, 0.2) is 36.7 Å². The van der Waals surface area contributed by atoms with Gasteiger partial charge in [-0.3, -0.25) is 14.3 Å². The predicted octanol–water partition coefficient (Wildman–Crippen LogP) is 0.835. The van der Waals surface area contributed by atoms with Crippen LogP contribution in [0, 0.1) is 5.92 Å². The minimum atomic E-state index is -0.112. The number of phenolic OH excluding ortho intramolecular Hbond substituents is 1. The zero-order valence-electron chi connectivity index (χ0n) is 16.3. The molecule has 2 aliphatic rings. The maximum Gasteiger partial charge on any atom is 0.254 e. The molecule has 0 saturated carbocycles. The Labute approximate surface area is 175 Å². The van der Waals surface area contributed by atoms with Crippen molar-refractivity contribution in [1.82, 2.24) is 24.9 Å². The van der Waals surface area contributed by atoms with Crippen LogP contribution in [0.1, 0.15) is 21.8 Å². The molecule has 1 aromatic heterocycles. The molecule has 4 rings (SSSR count). The average molecular weight is 420 g/mol. The lowest BCUT2D eigenvalue weighted by Crippen LogP contribution is -2.52. The fourth-order valence-corrected chi connectivity index (χ4v) is 4.11. The molecule has 2 fully saturated rings. The lowest BCUT2D eigenvalue weighted by atomic mass is 9.89. The van der Waals surface area contributed by atoms with Crippen molar-refractivity contribution >= 4 is 24.2 Å². The first kappa shape index (κ1) is 21.1. The summed E-state index contributed by atoms with van der Waals surface area (Å²) in [6, 6.07) is 6.38. The van der Waals surface area contributed by atoms with Crippen LogP contribution >= 0.6 is 12.4 Å². The van der Waals surface area contributed by atoms with E-state index in [1.165, 1.54) is 6.07 Å². The topological polar surface area (TPSA) is 90.7 Å². The van der Waals surface area contributed by atoms with E-state index in [9.17, 15) is 14.7 Å². The van der Waals surface area contributed by atoms with Gasteiger partial charge in [-0.05, 0) is 23.8 Å². The molecule has 2 saturated heterocycles. The number of nitrogens with zero attached hydrogens (tertiary/aromatic N) is 4. The summed E-state index contributed by atoms with van der Waals surface area (Å²) in [5.74, 6) is 0.141. The predicted molar refractivity (Wildman–Crippen MR) is 110 cm³/mol. The summed E-state index contributed by atoms with van der Waals surface area (Å²) in [6.07, 6.45) is 3.81. The first-order chi connectivity index (χ1) is 13.5. The fourth-order valence-electron chi connectivity index (χ4n) is 4.11. The number of aromatic nitrogens is 2. The Balaban J connectivity index is 0.00000240. The number of amides is 2. The molecule has 3 heterocycles. The highest BCUT2D eigenvalue weighted by molar-refractivity contribution is 5.94. The monoisotopic (exact) mass is 419 g/mol. The van der Waals surface area contributed by atoms with Gasteiger partial charge in [0, 0.05) is 64.0 Å². The van der Waals surface area contributed by atoms with Crippen LogP contribution in [0.3, 0.4) is 0 Å². The Hall–Kier alpha value is -2.58. The van der Waals surface area contributed by atoms with Crippen LogP contribution in [0.25, 0.3) is 0 Å². The maximum absolute atomic E-state index is 13.1. The molecule has 0 spiro atoms. The summed E-state index contributed by atoms with van der Waals surface area (Å²) < 4.78 is 1.76. The van der Waals surface area contributed by atoms with Gasteiger partial charge < -0.3 is 20.2 Å². The normalized spacial score (nSPS) is 21.7. The molecule has 0 bridgehead atoms. The quantitative estimate of drug-likeness (QED) is 0.769. The number of aryl methyl sites for hydroxylation is 1. The number of carbonyl (C=O) groups is 2. The first-order valence-electron chi connectivity index (χ1n) is 9.59. The van der Waals surface area contributed by atoms with Crippen LogP contribution in [-0.2, 0) is 11.8 Å². The van der Waals surface area contributed by atoms with Gasteiger partial charge in [0.25, 0.3) is 5.91 Å². The Bertz CT molecular complexity index is 879. The third kappa shape index (κ3) is 4.38. The molecule has 156 valence electrons. The number of nitrogens with one attached hydrogen (secondary N) is 1. The van der Waals surface area contributed by atoms with Crippen molar-refractivity contribution in [3.63, 3.8) is 0 Å². The smallest absolute Gasteiger partial charge is 0.254 e. The number of halogens is 1. The summed E-state index contributed by atoms with van der Waals surface area (Å²) in [7, 11) is 1.88. The van der Waals surface area contributed by atoms with E-state index >= 15 is 0 Å². The molecule has 2 aliphatic heterocycles. The fraction of sp³-hybridized carbons (Fsp3) is 0.450. The maximum atomic E-state index is 13.1. The number of rotatable bonds is 3. The molecule has 1 aromatic carbocycles. The van der Waals surface area contributed by atoms with Crippen molar-refractivity contribution in [2.75, 3.05) is 39.3 Å². The van der Waals surface area contributed by atoms with E-state index < -0.39 is 0 Å². The van der Waals surface area contributed by atoms with Crippen LogP contribution in [0.4, 0.5) is 0 Å². The summed E-state index contributed by atoms with van der Waals surface area (Å²) >= 11 is 0. The van der Waals surface area contributed by atoms with Crippen molar-refractivity contribution in [3.05, 3.63) is 47.8 Å². The molecular formula is C20H26ClN5O3. The molecule has 2 amide bonds. The SMILES string of the molecule is Cl.Cn1cc([C@H]2CNC[C@@H]2C(=O)N2CCN(C(=O)c3cccc(O)c3)CC2)cn1. The molecule has 2 N–H and O–H groups in total. The zero-order chi connectivity index (χ0) is 19.7. The second kappa shape index (κ2) is 8.84. The highest BCUT2D eigenvalue weighted by Gasteiger charge is 2.38. The number of benzene rings is 1. The largest absolute Gasteiger partial charge is 0.508 e. The van der Waals surface area contributed by atoms with Crippen LogP contribution < -0.4 is 5.32 Å². The van der Waals surface area contributed by atoms with Crippen molar-refractivity contribution in [1.29, 1.82) is 0 Å². The van der Waals surface area contributed by atoms with E-state index in [0.717, 1.165) is 12.1 Å². The van der Waals surface area contributed by atoms with Crippen LogP contribution in [-0.4, -0.2) is 75.8 Å². The van der Waals surface area contributed by atoms with E-state index in [1.807, 2.05) is 24.3 Å². The number of piperazine rings is 1. The lowest BCUT2D eigenvalue weighted by molar-refractivity contribution is -0.136. The highest BCUT2D eigenvalue weighted by Crippen LogP contribution is 2.29. The number of hydrogen-bond donors (Lipinski definition) is 2. The molecule has 29 heavy (non-hydrogen) atoms. The zero-order valence-corrected chi connectivity index (χ0v) is 17.1. The van der Waals surface area contributed by atoms with Crippen molar-refractivity contribution in [3.8, 4) is 5.75 Å². The summed E-state index contributed by atoms with van der Waals surface area (Å²) in [5, 5.41) is 17.1. The molecular weight excluding hydrogens is 394 g/mol. The standard InChI is InChI=1S/C20H25N5O3.ClH/c1-23-13-15(10-22-23)17-11-21-12-18(17)20(28)25-7-5-24(6-8-25)19(27)14-3-2-4-16(26)9-14;/h2-4,9-10,13,17-18,21,26H,5-8,11-12H2,1H3;1H/t17-,18+;/m1./s1. The molecule has 0 unspecified atom stereocenters. The molecule has 2 aromatic rings. The number of hydrogen-bond acceptors (Lipinski definition) is 5. The molecule has 9 heteroatoms. The highest BCUT2D eigenvalue weighted by atomic mass is 35.5. The van der Waals surface area contributed by atoms with E-state index in [2.05, 4.69) is 10.4 Å². The summed E-state index contributed by atoms with van der Waals surface area (Å²) in [4.78, 5) is 29.3. The van der Waals surface area contributed by atoms with Gasteiger partial charge in [0.2, 0.25) is 5.91 Å². The van der Waals surface area contributed by atoms with Gasteiger partial charge >= 0.3 is 0 Å². The third-order valence-electron chi connectivity index (χ3n) is 5.66. The third-order valence-corrected chi connectivity index (χ3v) is 5.66. The van der Waals surface area contributed by atoms with E-state index in [1.54, 1.807) is 27.8 Å². The first-order valence-corrected chi connectivity index (χ1v) is 9.59. The molecule has 0 radical (unpaired) electrons. The van der Waals surface area contributed by atoms with Gasteiger partial charge in [-0.15, -0.1) is 12.4 Å². The van der Waals surface area contributed by atoms with Gasteiger partial charge in [0.15, 0.2) is 0 Å². The van der Waals surface area contributed by atoms with E-state index in [-0.39, 0.29) is 41.8 Å². The van der Waals surface area contributed by atoms with Gasteiger partial charge in [0.05, 0.1) is 12.1 Å². The average Bonchev–Trinajstić information content (AvgIpc) is 3.36. The van der Waals surface area contributed by atoms with Gasteiger partial charge in [-0.1, -0.05) is 6.07 Å². The van der Waals surface area contributed by atoms with E-state index in [0.29, 0.717) is 38.3 Å². The number of carbonyl (C=O) groups excluding carboxylic acids is 2. The van der Waals surface area contributed by atoms with Crippen molar-refractivity contribution in [2.45, 2.75) is 5.92 Å². The Morgan fingerprint density at radius 1 is 1.14 bits per heavy atom. The minimum absolute atomic E-state index is 0. The molecule has 2 atom stereocenters. The number of phenols is 1. The second-order valence-corrected chi connectivity index (χ2v) is 7.49. The Kier molecular flexibility index (Phi) is 6.44. The summed E-state index contributed by atoms with van der Waals surface area (Å²) in [5.41, 5.74) is 1.56. The van der Waals surface area contributed by atoms with Gasteiger partial charge in [0.1, 0.15) is 5.75 Å². The van der Waals surface area contributed by atoms with Crippen molar-refractivity contribution < 1.29 is 14.7 Å². The van der Waals surface area contributed by atoms with Crippen molar-refractivity contribution in [2.24, 2.45) is 13.0 Å². The van der Waals surface area contributed by atoms with E-state index in [4.69, 9.17) is 0 Å². The minimum Gasteiger partial charge on any atom is -0.508 e. The Morgan fingerprint density at radius 3 is 2.52 bits per heavy atom. The van der Waals surface area contributed by atoms with Crippen LogP contribution in [0.5, 0.6) is 5.75 Å². The lowest BCUT2D eigenvalue weighted by Gasteiger charge is -2.36. The number of aromatic hydroxyl groups is 1. The second-order valence-electron chi connectivity index (χ2n) is 7.49. The Morgan fingerprint density at radius 2 is 1.86 bits per heavy atom. The molecule has 0 aliphatic carbocycles. The molecule has 8 nitrogen and oxygen atoms in total.